The smallest absolute Gasteiger partial charge is 0.404 e. The first kappa shape index (κ1) is 16.3. The van der Waals surface area contributed by atoms with Crippen LogP contribution in [0.15, 0.2) is 40.1 Å². The van der Waals surface area contributed by atoms with Gasteiger partial charge in [-0.2, -0.15) is 0 Å². The molecular formula is C13H10F3N3O4. The Labute approximate surface area is 126 Å². The molecule has 0 unspecified atom stereocenters. The van der Waals surface area contributed by atoms with Crippen molar-refractivity contribution in [2.24, 2.45) is 7.05 Å². The predicted molar refractivity (Wildman–Crippen MR) is 73.4 cm³/mol. The maximum absolute atomic E-state index is 12.3. The van der Waals surface area contributed by atoms with E-state index in [1.807, 2.05) is 0 Å². The van der Waals surface area contributed by atoms with Gasteiger partial charge in [0.2, 0.25) is 0 Å². The molecule has 0 aliphatic carbocycles. The van der Waals surface area contributed by atoms with Gasteiger partial charge in [-0.3, -0.25) is 14.2 Å². The topological polar surface area (TPSA) is 93.2 Å². The van der Waals surface area contributed by atoms with Gasteiger partial charge in [0.15, 0.2) is 5.75 Å². The van der Waals surface area contributed by atoms with E-state index in [0.717, 1.165) is 19.3 Å². The summed E-state index contributed by atoms with van der Waals surface area (Å²) in [5.41, 5.74) is -2.33. The van der Waals surface area contributed by atoms with Gasteiger partial charge in [-0.05, 0) is 12.1 Å². The van der Waals surface area contributed by atoms with Crippen LogP contribution in [0.1, 0.15) is 10.4 Å². The maximum Gasteiger partial charge on any atom is 0.573 e. The van der Waals surface area contributed by atoms with Gasteiger partial charge >= 0.3 is 12.1 Å². The second-order valence-corrected chi connectivity index (χ2v) is 4.37. The number of H-pyrrole nitrogens is 1. The summed E-state index contributed by atoms with van der Waals surface area (Å²) in [5, 5.41) is 2.14. The molecule has 2 N–H and O–H groups in total. The van der Waals surface area contributed by atoms with E-state index in [2.05, 4.69) is 15.0 Å². The molecule has 23 heavy (non-hydrogen) atoms. The molecular weight excluding hydrogens is 319 g/mol. The second kappa shape index (κ2) is 5.99. The zero-order chi connectivity index (χ0) is 17.2. The Bertz CT molecular complexity index is 855. The fourth-order valence-electron chi connectivity index (χ4n) is 1.70. The molecule has 0 atom stereocenters. The Morgan fingerprint density at radius 2 is 1.91 bits per heavy atom. The fourth-order valence-corrected chi connectivity index (χ4v) is 1.70. The van der Waals surface area contributed by atoms with Gasteiger partial charge in [-0.1, -0.05) is 12.1 Å². The van der Waals surface area contributed by atoms with E-state index < -0.39 is 34.8 Å². The number of nitrogens with zero attached hydrogens (tertiary/aromatic N) is 1. The Morgan fingerprint density at radius 3 is 2.57 bits per heavy atom. The lowest BCUT2D eigenvalue weighted by Crippen LogP contribution is -2.37. The molecule has 1 aromatic carbocycles. The molecule has 0 aliphatic heterocycles. The van der Waals surface area contributed by atoms with E-state index in [9.17, 15) is 27.6 Å². The Morgan fingerprint density at radius 1 is 1.26 bits per heavy atom. The Hall–Kier alpha value is -3.04. The SMILES string of the molecule is Cn1c(=O)[nH]cc(C(=O)Nc2ccccc2OC(F)(F)F)c1=O. The maximum atomic E-state index is 12.3. The minimum absolute atomic E-state index is 0.275. The summed E-state index contributed by atoms with van der Waals surface area (Å²) in [6, 6.07) is 4.85. The van der Waals surface area contributed by atoms with Crippen molar-refractivity contribution < 1.29 is 22.7 Å². The van der Waals surface area contributed by atoms with Gasteiger partial charge in [-0.25, -0.2) is 4.79 Å². The number of hydrogen-bond acceptors (Lipinski definition) is 4. The minimum Gasteiger partial charge on any atom is -0.404 e. The fraction of sp³-hybridized carbons (Fsp3) is 0.154. The largest absolute Gasteiger partial charge is 0.573 e. The van der Waals surface area contributed by atoms with Crippen molar-refractivity contribution in [3.63, 3.8) is 0 Å². The van der Waals surface area contributed by atoms with Crippen molar-refractivity contribution in [3.8, 4) is 5.75 Å². The molecule has 7 nitrogen and oxygen atoms in total. The van der Waals surface area contributed by atoms with Gasteiger partial charge < -0.3 is 15.0 Å². The number of aromatic amines is 1. The lowest BCUT2D eigenvalue weighted by molar-refractivity contribution is -0.274. The number of amides is 1. The third kappa shape index (κ3) is 3.78. The Kier molecular flexibility index (Phi) is 4.25. The van der Waals surface area contributed by atoms with Gasteiger partial charge in [0.1, 0.15) is 5.56 Å². The number of carbonyl (C=O) groups is 1. The van der Waals surface area contributed by atoms with E-state index in [-0.39, 0.29) is 5.69 Å². The first-order valence-electron chi connectivity index (χ1n) is 6.14. The number of nitrogens with one attached hydrogen (secondary N) is 2. The lowest BCUT2D eigenvalue weighted by atomic mass is 10.2. The predicted octanol–water partition coefficient (Wildman–Crippen LogP) is 1.22. The number of hydrogen-bond donors (Lipinski definition) is 2. The minimum atomic E-state index is -4.94. The van der Waals surface area contributed by atoms with Crippen molar-refractivity contribution in [1.29, 1.82) is 0 Å². The van der Waals surface area contributed by atoms with Gasteiger partial charge in [0.05, 0.1) is 5.69 Å². The lowest BCUT2D eigenvalue weighted by Gasteiger charge is -2.13. The first-order chi connectivity index (χ1) is 10.7. The monoisotopic (exact) mass is 329 g/mol. The molecule has 0 saturated heterocycles. The molecule has 1 aromatic heterocycles. The van der Waals surface area contributed by atoms with E-state index >= 15 is 0 Å². The van der Waals surface area contributed by atoms with Gasteiger partial charge in [0, 0.05) is 13.2 Å². The van der Waals surface area contributed by atoms with E-state index in [4.69, 9.17) is 0 Å². The van der Waals surface area contributed by atoms with Crippen LogP contribution in [0, 0.1) is 0 Å². The number of aromatic nitrogens is 2. The van der Waals surface area contributed by atoms with Gasteiger partial charge in [-0.15, -0.1) is 13.2 Å². The van der Waals surface area contributed by atoms with Crippen molar-refractivity contribution in [1.82, 2.24) is 9.55 Å². The highest BCUT2D eigenvalue weighted by Crippen LogP contribution is 2.29. The van der Waals surface area contributed by atoms with Gasteiger partial charge in [0.25, 0.3) is 11.5 Å². The molecule has 0 aliphatic rings. The summed E-state index contributed by atoms with van der Waals surface area (Å²) < 4.78 is 41.4. The number of halogens is 3. The summed E-state index contributed by atoms with van der Waals surface area (Å²) in [7, 11) is 1.15. The van der Waals surface area contributed by atoms with Crippen molar-refractivity contribution in [2.45, 2.75) is 6.36 Å². The van der Waals surface area contributed by atoms with Crippen LogP contribution < -0.4 is 21.3 Å². The highest BCUT2D eigenvalue weighted by molar-refractivity contribution is 6.04. The van der Waals surface area contributed by atoms with Crippen LogP contribution in [0.5, 0.6) is 5.75 Å². The number of carbonyl (C=O) groups excluding carboxylic acids is 1. The standard InChI is InChI=1S/C13H10F3N3O4/c1-19-11(21)7(6-17-12(19)22)10(20)18-8-4-2-3-5-9(8)23-13(14,15)16/h2-6H,1H3,(H,17,22)(H,18,20). The quantitative estimate of drug-likeness (QED) is 0.885. The van der Waals surface area contributed by atoms with Crippen LogP contribution in [0.3, 0.4) is 0 Å². The molecule has 10 heteroatoms. The van der Waals surface area contributed by atoms with Crippen LogP contribution in [-0.2, 0) is 7.05 Å². The van der Waals surface area contributed by atoms with Crippen LogP contribution in [-0.4, -0.2) is 21.8 Å². The second-order valence-electron chi connectivity index (χ2n) is 4.37. The summed E-state index contributed by atoms with van der Waals surface area (Å²) in [6.07, 6.45) is -4.05. The molecule has 0 saturated carbocycles. The third-order valence-corrected chi connectivity index (χ3v) is 2.79. The molecule has 0 bridgehead atoms. The summed E-state index contributed by atoms with van der Waals surface area (Å²) in [5.74, 6) is -1.62. The summed E-state index contributed by atoms with van der Waals surface area (Å²) >= 11 is 0. The molecule has 122 valence electrons. The number of para-hydroxylation sites is 2. The van der Waals surface area contributed by atoms with Crippen molar-refractivity contribution >= 4 is 11.6 Å². The average Bonchev–Trinajstić information content (AvgIpc) is 2.45. The Balaban J connectivity index is 2.33. The van der Waals surface area contributed by atoms with Crippen LogP contribution in [0.25, 0.3) is 0 Å². The highest BCUT2D eigenvalue weighted by Gasteiger charge is 2.32. The van der Waals surface area contributed by atoms with Crippen LogP contribution in [0.4, 0.5) is 18.9 Å². The third-order valence-electron chi connectivity index (χ3n) is 2.79. The first-order valence-corrected chi connectivity index (χ1v) is 6.14. The number of alkyl halides is 3. The zero-order valence-electron chi connectivity index (χ0n) is 11.6. The molecule has 2 rings (SSSR count). The van der Waals surface area contributed by atoms with Crippen molar-refractivity contribution in [2.75, 3.05) is 5.32 Å². The summed E-state index contributed by atoms with van der Waals surface area (Å²) in [6.45, 7) is 0. The molecule has 1 amide bonds. The number of ether oxygens (including phenoxy) is 1. The number of rotatable bonds is 3. The van der Waals surface area contributed by atoms with Crippen LogP contribution in [0.2, 0.25) is 0 Å². The van der Waals surface area contributed by atoms with Crippen LogP contribution >= 0.6 is 0 Å². The molecule has 1 heterocycles. The van der Waals surface area contributed by atoms with Crippen molar-refractivity contribution in [3.05, 3.63) is 56.9 Å². The molecule has 0 spiro atoms. The zero-order valence-corrected chi connectivity index (χ0v) is 11.6. The normalized spacial score (nSPS) is 11.1. The molecule has 0 fully saturated rings. The summed E-state index contributed by atoms with van der Waals surface area (Å²) in [4.78, 5) is 37.2. The van der Waals surface area contributed by atoms with E-state index in [1.54, 1.807) is 0 Å². The average molecular weight is 329 g/mol. The highest BCUT2D eigenvalue weighted by atomic mass is 19.4. The molecule has 2 aromatic rings. The van der Waals surface area contributed by atoms with E-state index in [0.29, 0.717) is 4.57 Å². The molecule has 0 radical (unpaired) electrons. The number of benzene rings is 1. The van der Waals surface area contributed by atoms with E-state index in [1.165, 1.54) is 18.2 Å². The number of anilines is 1.